The van der Waals surface area contributed by atoms with Gasteiger partial charge in [0.15, 0.2) is 0 Å². The predicted molar refractivity (Wildman–Crippen MR) is 91.1 cm³/mol. The number of methoxy groups -OCH3 is 2. The number of benzene rings is 1. The van der Waals surface area contributed by atoms with E-state index in [9.17, 15) is 14.4 Å². The van der Waals surface area contributed by atoms with Gasteiger partial charge in [0.1, 0.15) is 11.5 Å². The summed E-state index contributed by atoms with van der Waals surface area (Å²) >= 11 is 0. The Hall–Kier alpha value is -2.77. The fraction of sp³-hybridized carbons (Fsp3) is 0.500. The van der Waals surface area contributed by atoms with Gasteiger partial charge in [0.05, 0.1) is 34.0 Å². The van der Waals surface area contributed by atoms with Gasteiger partial charge >= 0.3 is 17.9 Å². The molecule has 8 heteroatoms. The second-order valence-electron chi connectivity index (χ2n) is 4.98. The summed E-state index contributed by atoms with van der Waals surface area (Å²) in [6.45, 7) is 4.52. The minimum atomic E-state index is -2.48. The van der Waals surface area contributed by atoms with Gasteiger partial charge in [-0.05, 0) is 39.0 Å². The molecule has 0 bridgehead atoms. The number of carbonyl (C=O) groups excluding carboxylic acids is 3. The van der Waals surface area contributed by atoms with Gasteiger partial charge in [0, 0.05) is 5.56 Å². The molecule has 0 saturated heterocycles. The number of hydrogen-bond donors (Lipinski definition) is 0. The van der Waals surface area contributed by atoms with Gasteiger partial charge < -0.3 is 23.7 Å². The van der Waals surface area contributed by atoms with Gasteiger partial charge in [-0.2, -0.15) is 0 Å². The summed E-state index contributed by atoms with van der Waals surface area (Å²) in [4.78, 5) is 38.5. The van der Waals surface area contributed by atoms with E-state index in [-0.39, 0.29) is 31.1 Å². The third-order valence-electron chi connectivity index (χ3n) is 3.56. The summed E-state index contributed by atoms with van der Waals surface area (Å²) in [5.74, 6) is -2.90. The quantitative estimate of drug-likeness (QED) is 0.369. The van der Waals surface area contributed by atoms with E-state index in [1.165, 1.54) is 26.4 Å². The van der Waals surface area contributed by atoms with Crippen LogP contribution in [0.5, 0.6) is 11.5 Å². The molecule has 0 N–H and O–H groups in total. The molecule has 26 heavy (non-hydrogen) atoms. The zero-order chi connectivity index (χ0) is 19.7. The van der Waals surface area contributed by atoms with Crippen LogP contribution >= 0.6 is 0 Å². The molecular weight excluding hydrogens is 344 g/mol. The van der Waals surface area contributed by atoms with Gasteiger partial charge in [0.2, 0.25) is 0 Å². The Balaban J connectivity index is 3.84. The van der Waals surface area contributed by atoms with E-state index in [1.807, 2.05) is 0 Å². The van der Waals surface area contributed by atoms with E-state index < -0.39 is 23.3 Å². The molecule has 0 saturated carbocycles. The Kier molecular flexibility index (Phi) is 7.89. The number of esters is 3. The van der Waals surface area contributed by atoms with E-state index in [0.717, 1.165) is 0 Å². The Morgan fingerprint density at radius 1 is 0.808 bits per heavy atom. The summed E-state index contributed by atoms with van der Waals surface area (Å²) in [6, 6.07) is 4.39. The Morgan fingerprint density at radius 2 is 1.27 bits per heavy atom. The van der Waals surface area contributed by atoms with Crippen molar-refractivity contribution < 1.29 is 38.1 Å². The Labute approximate surface area is 152 Å². The molecule has 0 heterocycles. The first kappa shape index (κ1) is 21.3. The van der Waals surface area contributed by atoms with Gasteiger partial charge in [-0.15, -0.1) is 0 Å². The molecular formula is C18H24O8. The van der Waals surface area contributed by atoms with Crippen molar-refractivity contribution in [1.29, 1.82) is 0 Å². The maximum atomic E-state index is 12.8. The Morgan fingerprint density at radius 3 is 1.62 bits per heavy atom. The van der Waals surface area contributed by atoms with Crippen molar-refractivity contribution in [3.8, 4) is 11.5 Å². The first-order valence-electron chi connectivity index (χ1n) is 8.17. The molecule has 1 rings (SSSR count). The average Bonchev–Trinajstić information content (AvgIpc) is 2.63. The normalized spacial score (nSPS) is 10.7. The van der Waals surface area contributed by atoms with Crippen LogP contribution in [0.15, 0.2) is 18.2 Å². The number of ether oxygens (including phenoxy) is 5. The summed E-state index contributed by atoms with van der Waals surface area (Å²) in [5.41, 5.74) is -2.56. The summed E-state index contributed by atoms with van der Waals surface area (Å²) in [7, 11) is 2.75. The zero-order valence-corrected chi connectivity index (χ0v) is 15.6. The molecule has 0 spiro atoms. The van der Waals surface area contributed by atoms with E-state index in [0.29, 0.717) is 5.75 Å². The molecule has 1 aromatic carbocycles. The molecule has 144 valence electrons. The van der Waals surface area contributed by atoms with Crippen LogP contribution in [-0.2, 0) is 34.0 Å². The van der Waals surface area contributed by atoms with Crippen molar-refractivity contribution >= 4 is 17.9 Å². The lowest BCUT2D eigenvalue weighted by molar-refractivity contribution is -0.175. The minimum absolute atomic E-state index is 0.0499. The van der Waals surface area contributed by atoms with Crippen molar-refractivity contribution in [1.82, 2.24) is 0 Å². The lowest BCUT2D eigenvalue weighted by Crippen LogP contribution is -2.53. The van der Waals surface area contributed by atoms with Crippen LogP contribution in [0.25, 0.3) is 0 Å². The summed E-state index contributed by atoms with van der Waals surface area (Å²) in [5, 5.41) is 0. The molecule has 0 unspecified atom stereocenters. The molecule has 0 radical (unpaired) electrons. The third kappa shape index (κ3) is 3.89. The van der Waals surface area contributed by atoms with Crippen LogP contribution in [0.1, 0.15) is 26.3 Å². The van der Waals surface area contributed by atoms with Crippen molar-refractivity contribution in [2.45, 2.75) is 26.2 Å². The first-order chi connectivity index (χ1) is 12.4. The lowest BCUT2D eigenvalue weighted by Gasteiger charge is -2.28. The highest BCUT2D eigenvalue weighted by Gasteiger charge is 2.60. The highest BCUT2D eigenvalue weighted by atomic mass is 16.6. The van der Waals surface area contributed by atoms with Crippen LogP contribution in [-0.4, -0.2) is 51.9 Å². The van der Waals surface area contributed by atoms with Crippen LogP contribution in [0, 0.1) is 0 Å². The van der Waals surface area contributed by atoms with Crippen molar-refractivity contribution in [2.24, 2.45) is 0 Å². The highest BCUT2D eigenvalue weighted by molar-refractivity contribution is 6.24. The molecule has 0 aromatic heterocycles. The lowest BCUT2D eigenvalue weighted by atomic mass is 9.79. The van der Waals surface area contributed by atoms with Crippen molar-refractivity contribution in [2.75, 3.05) is 34.0 Å². The molecule has 0 aliphatic carbocycles. The van der Waals surface area contributed by atoms with E-state index in [2.05, 4.69) is 0 Å². The largest absolute Gasteiger partial charge is 0.497 e. The Bertz CT molecular complexity index is 607. The molecule has 0 fully saturated rings. The fourth-order valence-corrected chi connectivity index (χ4v) is 2.41. The van der Waals surface area contributed by atoms with Gasteiger partial charge in [-0.3, -0.25) is 0 Å². The highest BCUT2D eigenvalue weighted by Crippen LogP contribution is 2.38. The topological polar surface area (TPSA) is 97.4 Å². The molecule has 0 aliphatic rings. The van der Waals surface area contributed by atoms with E-state index >= 15 is 0 Å². The molecule has 0 amide bonds. The smallest absolute Gasteiger partial charge is 0.340 e. The first-order valence-corrected chi connectivity index (χ1v) is 8.17. The number of hydrogen-bond acceptors (Lipinski definition) is 8. The standard InChI is InChI=1S/C18H24O8/c1-6-24-15(19)18(16(20)25-7-2,17(21)26-8-3)13-11-12(22-4)9-10-14(13)23-5/h9-11H,6-8H2,1-5H3. The third-order valence-corrected chi connectivity index (χ3v) is 3.56. The second kappa shape index (κ2) is 9.65. The van der Waals surface area contributed by atoms with E-state index in [1.54, 1.807) is 26.8 Å². The number of carbonyl (C=O) groups is 3. The molecule has 0 atom stereocenters. The van der Waals surface area contributed by atoms with Gasteiger partial charge in [-0.25, -0.2) is 14.4 Å². The van der Waals surface area contributed by atoms with Crippen LogP contribution in [0.4, 0.5) is 0 Å². The van der Waals surface area contributed by atoms with Gasteiger partial charge in [-0.1, -0.05) is 0 Å². The van der Waals surface area contributed by atoms with Gasteiger partial charge in [0.25, 0.3) is 5.41 Å². The number of rotatable bonds is 9. The maximum absolute atomic E-state index is 12.8. The molecule has 0 aliphatic heterocycles. The summed E-state index contributed by atoms with van der Waals surface area (Å²) < 4.78 is 25.5. The van der Waals surface area contributed by atoms with Crippen molar-refractivity contribution in [3.63, 3.8) is 0 Å². The zero-order valence-electron chi connectivity index (χ0n) is 15.6. The van der Waals surface area contributed by atoms with Crippen LogP contribution in [0.3, 0.4) is 0 Å². The fourth-order valence-electron chi connectivity index (χ4n) is 2.41. The van der Waals surface area contributed by atoms with E-state index in [4.69, 9.17) is 23.7 Å². The predicted octanol–water partition coefficient (Wildman–Crippen LogP) is 1.63. The molecule has 1 aromatic rings. The van der Waals surface area contributed by atoms with Crippen LogP contribution in [0.2, 0.25) is 0 Å². The summed E-state index contributed by atoms with van der Waals surface area (Å²) in [6.07, 6.45) is 0. The van der Waals surface area contributed by atoms with Crippen molar-refractivity contribution in [3.05, 3.63) is 23.8 Å². The maximum Gasteiger partial charge on any atom is 0.340 e. The second-order valence-corrected chi connectivity index (χ2v) is 4.98. The monoisotopic (exact) mass is 368 g/mol. The minimum Gasteiger partial charge on any atom is -0.497 e. The van der Waals surface area contributed by atoms with Crippen LogP contribution < -0.4 is 9.47 Å². The average molecular weight is 368 g/mol. The SMILES string of the molecule is CCOC(=O)C(C(=O)OCC)(C(=O)OCC)c1cc(OC)ccc1OC. The molecule has 8 nitrogen and oxygen atoms in total.